The number of rotatable bonds is 2. The second-order valence-corrected chi connectivity index (χ2v) is 4.62. The van der Waals surface area contributed by atoms with Crippen LogP contribution in [-0.4, -0.2) is 36.6 Å². The standard InChI is InChI=1S/C10H20N2/c1-10(11-2)6-3-7-12(8-10)9-4-5-9/h9,11H,3-8H2,1-2H3. The summed E-state index contributed by atoms with van der Waals surface area (Å²) in [5.74, 6) is 0. The molecule has 1 heterocycles. The molecule has 2 aliphatic rings. The first-order valence-corrected chi connectivity index (χ1v) is 5.16. The number of piperidine rings is 1. The van der Waals surface area contributed by atoms with Gasteiger partial charge < -0.3 is 5.32 Å². The van der Waals surface area contributed by atoms with E-state index in [9.17, 15) is 0 Å². The summed E-state index contributed by atoms with van der Waals surface area (Å²) in [6.07, 6.45) is 5.60. The zero-order chi connectivity index (χ0) is 8.60. The summed E-state index contributed by atoms with van der Waals surface area (Å²) >= 11 is 0. The molecule has 0 radical (unpaired) electrons. The topological polar surface area (TPSA) is 15.3 Å². The zero-order valence-corrected chi connectivity index (χ0v) is 8.27. The van der Waals surface area contributed by atoms with E-state index in [4.69, 9.17) is 0 Å². The number of likely N-dealkylation sites (N-methyl/N-ethyl adjacent to an activating group) is 1. The molecule has 2 nitrogen and oxygen atoms in total. The van der Waals surface area contributed by atoms with Crippen LogP contribution in [0.1, 0.15) is 32.6 Å². The molecule has 2 fully saturated rings. The van der Waals surface area contributed by atoms with Gasteiger partial charge in [-0.25, -0.2) is 0 Å². The van der Waals surface area contributed by atoms with Gasteiger partial charge in [-0.15, -0.1) is 0 Å². The van der Waals surface area contributed by atoms with Crippen molar-refractivity contribution in [3.05, 3.63) is 0 Å². The smallest absolute Gasteiger partial charge is 0.0278 e. The minimum atomic E-state index is 0.390. The Hall–Kier alpha value is -0.0800. The average molecular weight is 168 g/mol. The summed E-state index contributed by atoms with van der Waals surface area (Å²) in [7, 11) is 2.09. The molecule has 12 heavy (non-hydrogen) atoms. The fraction of sp³-hybridized carbons (Fsp3) is 1.00. The van der Waals surface area contributed by atoms with Gasteiger partial charge in [0.05, 0.1) is 0 Å². The summed E-state index contributed by atoms with van der Waals surface area (Å²) in [6.45, 7) is 4.94. The lowest BCUT2D eigenvalue weighted by atomic mass is 9.91. The Bertz CT molecular complexity index is 165. The van der Waals surface area contributed by atoms with Crippen LogP contribution in [0.15, 0.2) is 0 Å². The molecule has 70 valence electrons. The van der Waals surface area contributed by atoms with Gasteiger partial charge >= 0.3 is 0 Å². The van der Waals surface area contributed by atoms with E-state index in [2.05, 4.69) is 24.2 Å². The Morgan fingerprint density at radius 3 is 2.75 bits per heavy atom. The largest absolute Gasteiger partial charge is 0.313 e. The monoisotopic (exact) mass is 168 g/mol. The van der Waals surface area contributed by atoms with Crippen molar-refractivity contribution in [2.24, 2.45) is 0 Å². The van der Waals surface area contributed by atoms with Gasteiger partial charge in [0, 0.05) is 18.1 Å². The highest BCUT2D eigenvalue weighted by molar-refractivity contribution is 4.95. The van der Waals surface area contributed by atoms with Crippen molar-refractivity contribution >= 4 is 0 Å². The third-order valence-electron chi connectivity index (χ3n) is 3.39. The Labute approximate surface area is 75.3 Å². The van der Waals surface area contributed by atoms with Crippen LogP contribution in [0.5, 0.6) is 0 Å². The first-order chi connectivity index (χ1) is 5.73. The van der Waals surface area contributed by atoms with Crippen LogP contribution >= 0.6 is 0 Å². The maximum Gasteiger partial charge on any atom is 0.0278 e. The van der Waals surface area contributed by atoms with Crippen molar-refractivity contribution in [3.63, 3.8) is 0 Å². The van der Waals surface area contributed by atoms with Crippen molar-refractivity contribution in [1.82, 2.24) is 10.2 Å². The van der Waals surface area contributed by atoms with Crippen LogP contribution in [0, 0.1) is 0 Å². The highest BCUT2D eigenvalue weighted by Gasteiger charge is 2.36. The van der Waals surface area contributed by atoms with Crippen molar-refractivity contribution in [3.8, 4) is 0 Å². The molecule has 0 aromatic heterocycles. The van der Waals surface area contributed by atoms with E-state index in [1.165, 1.54) is 38.8 Å². The average Bonchev–Trinajstić information content (AvgIpc) is 2.87. The fourth-order valence-corrected chi connectivity index (χ4v) is 2.23. The first-order valence-electron chi connectivity index (χ1n) is 5.16. The van der Waals surface area contributed by atoms with Crippen LogP contribution in [0.4, 0.5) is 0 Å². The second-order valence-electron chi connectivity index (χ2n) is 4.62. The summed E-state index contributed by atoms with van der Waals surface area (Å²) in [5.41, 5.74) is 0.390. The van der Waals surface area contributed by atoms with Crippen molar-refractivity contribution in [2.75, 3.05) is 20.1 Å². The predicted molar refractivity (Wildman–Crippen MR) is 51.3 cm³/mol. The molecule has 0 spiro atoms. The Kier molecular flexibility index (Phi) is 2.13. The van der Waals surface area contributed by atoms with Gasteiger partial charge in [0.15, 0.2) is 0 Å². The van der Waals surface area contributed by atoms with E-state index >= 15 is 0 Å². The van der Waals surface area contributed by atoms with E-state index in [0.29, 0.717) is 5.54 Å². The van der Waals surface area contributed by atoms with Crippen LogP contribution in [0.25, 0.3) is 0 Å². The van der Waals surface area contributed by atoms with Crippen molar-refractivity contribution in [1.29, 1.82) is 0 Å². The second kappa shape index (κ2) is 3.00. The number of hydrogen-bond donors (Lipinski definition) is 1. The molecular weight excluding hydrogens is 148 g/mol. The summed E-state index contributed by atoms with van der Waals surface area (Å²) in [5, 5.41) is 3.45. The highest BCUT2D eigenvalue weighted by Crippen LogP contribution is 2.31. The first kappa shape index (κ1) is 8.52. The van der Waals surface area contributed by atoms with Crippen LogP contribution in [0.3, 0.4) is 0 Å². The van der Waals surface area contributed by atoms with E-state index < -0.39 is 0 Å². The van der Waals surface area contributed by atoms with Crippen LogP contribution in [-0.2, 0) is 0 Å². The molecule has 0 bridgehead atoms. The molecule has 1 unspecified atom stereocenters. The quantitative estimate of drug-likeness (QED) is 0.667. The van der Waals surface area contributed by atoms with Gasteiger partial charge in [0.25, 0.3) is 0 Å². The Morgan fingerprint density at radius 1 is 1.42 bits per heavy atom. The van der Waals surface area contributed by atoms with Gasteiger partial charge in [-0.1, -0.05) is 0 Å². The molecule has 1 N–H and O–H groups in total. The molecule has 0 aromatic carbocycles. The molecular formula is C10H20N2. The van der Waals surface area contributed by atoms with Crippen molar-refractivity contribution < 1.29 is 0 Å². The van der Waals surface area contributed by atoms with Gasteiger partial charge in [0.1, 0.15) is 0 Å². The Balaban J connectivity index is 1.93. The van der Waals surface area contributed by atoms with Crippen LogP contribution in [0.2, 0.25) is 0 Å². The van der Waals surface area contributed by atoms with E-state index in [-0.39, 0.29) is 0 Å². The number of nitrogens with one attached hydrogen (secondary N) is 1. The SMILES string of the molecule is CNC1(C)CCCN(C2CC2)C1. The molecule has 2 heteroatoms. The third kappa shape index (κ3) is 1.64. The third-order valence-corrected chi connectivity index (χ3v) is 3.39. The number of nitrogens with zero attached hydrogens (tertiary/aromatic N) is 1. The highest BCUT2D eigenvalue weighted by atomic mass is 15.2. The van der Waals surface area contributed by atoms with E-state index in [1.54, 1.807) is 0 Å². The number of hydrogen-bond acceptors (Lipinski definition) is 2. The fourth-order valence-electron chi connectivity index (χ4n) is 2.23. The Morgan fingerprint density at radius 2 is 2.17 bits per heavy atom. The van der Waals surface area contributed by atoms with Gasteiger partial charge in [-0.3, -0.25) is 4.90 Å². The van der Waals surface area contributed by atoms with Gasteiger partial charge in [-0.2, -0.15) is 0 Å². The maximum absolute atomic E-state index is 3.45. The minimum Gasteiger partial charge on any atom is -0.313 e. The number of likely N-dealkylation sites (tertiary alicyclic amines) is 1. The molecule has 0 amide bonds. The lowest BCUT2D eigenvalue weighted by Crippen LogP contribution is -2.54. The van der Waals surface area contributed by atoms with E-state index in [0.717, 1.165) is 6.04 Å². The van der Waals surface area contributed by atoms with Crippen molar-refractivity contribution in [2.45, 2.75) is 44.2 Å². The normalized spacial score (nSPS) is 38.5. The predicted octanol–water partition coefficient (Wildman–Crippen LogP) is 1.22. The zero-order valence-electron chi connectivity index (χ0n) is 8.27. The lowest BCUT2D eigenvalue weighted by molar-refractivity contribution is 0.132. The molecule has 1 aliphatic carbocycles. The maximum atomic E-state index is 3.45. The summed E-state index contributed by atoms with van der Waals surface area (Å²) in [4.78, 5) is 2.67. The van der Waals surface area contributed by atoms with Gasteiger partial charge in [0.2, 0.25) is 0 Å². The summed E-state index contributed by atoms with van der Waals surface area (Å²) in [6, 6.07) is 0.943. The molecule has 1 atom stereocenters. The molecule has 1 aliphatic heterocycles. The molecule has 0 aromatic rings. The van der Waals surface area contributed by atoms with Gasteiger partial charge in [-0.05, 0) is 46.2 Å². The molecule has 1 saturated carbocycles. The minimum absolute atomic E-state index is 0.390. The van der Waals surface area contributed by atoms with E-state index in [1.807, 2.05) is 0 Å². The molecule has 1 saturated heterocycles. The summed E-state index contributed by atoms with van der Waals surface area (Å²) < 4.78 is 0. The lowest BCUT2D eigenvalue weighted by Gasteiger charge is -2.40. The van der Waals surface area contributed by atoms with Crippen LogP contribution < -0.4 is 5.32 Å². The molecule has 2 rings (SSSR count).